The van der Waals surface area contributed by atoms with Crippen molar-refractivity contribution in [2.45, 2.75) is 37.8 Å². The molecule has 1 saturated carbocycles. The molecule has 1 aromatic heterocycles. The van der Waals surface area contributed by atoms with Crippen molar-refractivity contribution in [3.63, 3.8) is 0 Å². The number of hydrogen-bond acceptors (Lipinski definition) is 5. The van der Waals surface area contributed by atoms with Crippen molar-refractivity contribution >= 4 is 5.97 Å². The van der Waals surface area contributed by atoms with Gasteiger partial charge in [-0.25, -0.2) is 9.48 Å². The lowest BCUT2D eigenvalue weighted by Crippen LogP contribution is -2.36. The zero-order valence-corrected chi connectivity index (χ0v) is 9.65. The monoisotopic (exact) mass is 251 g/mol. The molecule has 2 rings (SSSR count). The maximum atomic E-state index is 11.7. The number of carbonyl (C=O) groups is 1. The Bertz CT molecular complexity index is 525. The van der Waals surface area contributed by atoms with E-state index in [0.29, 0.717) is 12.8 Å². The molecule has 96 valence electrons. The molecule has 1 aromatic rings. The molecule has 2 unspecified atom stereocenters. The van der Waals surface area contributed by atoms with Crippen LogP contribution < -0.4 is 5.56 Å². The van der Waals surface area contributed by atoms with Gasteiger partial charge in [0.2, 0.25) is 0 Å². The summed E-state index contributed by atoms with van der Waals surface area (Å²) in [6.45, 7) is 0. The third-order valence-corrected chi connectivity index (χ3v) is 3.19. The standard InChI is InChI=1S/C11H13N3O4/c15-10-6-5-8(11(16)17)12-14(10)9-4-2-1-3-7(9)13-18/h5-7,9H,1-4H2,(H,16,17). The van der Waals surface area contributed by atoms with Crippen LogP contribution in [0.15, 0.2) is 22.1 Å². The molecular weight excluding hydrogens is 238 g/mol. The Morgan fingerprint density at radius 3 is 2.78 bits per heavy atom. The predicted octanol–water partition coefficient (Wildman–Crippen LogP) is 1.19. The van der Waals surface area contributed by atoms with Crippen molar-refractivity contribution in [2.24, 2.45) is 5.18 Å². The van der Waals surface area contributed by atoms with Crippen molar-refractivity contribution in [1.29, 1.82) is 0 Å². The van der Waals surface area contributed by atoms with E-state index in [4.69, 9.17) is 5.11 Å². The molecule has 7 nitrogen and oxygen atoms in total. The van der Waals surface area contributed by atoms with E-state index in [1.165, 1.54) is 0 Å². The average molecular weight is 251 g/mol. The Balaban J connectivity index is 2.41. The summed E-state index contributed by atoms with van der Waals surface area (Å²) < 4.78 is 1.09. The van der Waals surface area contributed by atoms with Crippen LogP contribution in [0, 0.1) is 4.91 Å². The normalized spacial score (nSPS) is 23.6. The van der Waals surface area contributed by atoms with Gasteiger partial charge in [-0.3, -0.25) is 4.79 Å². The first-order valence-electron chi connectivity index (χ1n) is 5.79. The Kier molecular flexibility index (Phi) is 3.50. The zero-order valence-electron chi connectivity index (χ0n) is 9.65. The molecule has 2 atom stereocenters. The van der Waals surface area contributed by atoms with Crippen LogP contribution in [0.3, 0.4) is 0 Å². The smallest absolute Gasteiger partial charge is 0.356 e. The first-order valence-corrected chi connectivity index (χ1v) is 5.79. The van der Waals surface area contributed by atoms with Gasteiger partial charge in [-0.05, 0) is 18.9 Å². The minimum Gasteiger partial charge on any atom is -0.476 e. The predicted molar refractivity (Wildman–Crippen MR) is 62.5 cm³/mol. The van der Waals surface area contributed by atoms with Gasteiger partial charge in [0.15, 0.2) is 5.69 Å². The zero-order chi connectivity index (χ0) is 13.1. The number of carboxylic acid groups (broad SMARTS) is 1. The minimum atomic E-state index is -1.20. The molecule has 1 fully saturated rings. The third-order valence-electron chi connectivity index (χ3n) is 3.19. The largest absolute Gasteiger partial charge is 0.476 e. The topological polar surface area (TPSA) is 102 Å². The van der Waals surface area contributed by atoms with Gasteiger partial charge in [0.1, 0.15) is 6.04 Å². The molecule has 18 heavy (non-hydrogen) atoms. The highest BCUT2D eigenvalue weighted by molar-refractivity contribution is 5.84. The van der Waals surface area contributed by atoms with Crippen molar-refractivity contribution in [1.82, 2.24) is 9.78 Å². The second-order valence-corrected chi connectivity index (χ2v) is 4.33. The Labute approximate surface area is 102 Å². The lowest BCUT2D eigenvalue weighted by molar-refractivity contribution is 0.0686. The minimum absolute atomic E-state index is 0.204. The molecule has 1 aliphatic carbocycles. The molecule has 0 amide bonds. The number of hydrogen-bond donors (Lipinski definition) is 1. The van der Waals surface area contributed by atoms with Crippen LogP contribution >= 0.6 is 0 Å². The van der Waals surface area contributed by atoms with E-state index >= 15 is 0 Å². The molecule has 7 heteroatoms. The lowest BCUT2D eigenvalue weighted by atomic mass is 9.91. The molecule has 0 spiro atoms. The van der Waals surface area contributed by atoms with Crippen LogP contribution in [-0.4, -0.2) is 26.9 Å². The fourth-order valence-electron chi connectivity index (χ4n) is 2.28. The molecule has 0 saturated heterocycles. The van der Waals surface area contributed by atoms with Gasteiger partial charge < -0.3 is 5.11 Å². The van der Waals surface area contributed by atoms with Crippen molar-refractivity contribution < 1.29 is 9.90 Å². The van der Waals surface area contributed by atoms with Gasteiger partial charge in [-0.15, -0.1) is 0 Å². The summed E-state index contributed by atoms with van der Waals surface area (Å²) >= 11 is 0. The van der Waals surface area contributed by atoms with Gasteiger partial charge in [0, 0.05) is 6.07 Å². The van der Waals surface area contributed by atoms with Crippen LogP contribution in [0.2, 0.25) is 0 Å². The number of rotatable bonds is 3. The molecule has 0 radical (unpaired) electrons. The molecule has 1 N–H and O–H groups in total. The molecule has 0 aliphatic heterocycles. The Hall–Kier alpha value is -2.05. The van der Waals surface area contributed by atoms with Gasteiger partial charge in [-0.2, -0.15) is 10.0 Å². The Morgan fingerprint density at radius 1 is 1.39 bits per heavy atom. The molecule has 1 heterocycles. The van der Waals surface area contributed by atoms with E-state index < -0.39 is 23.6 Å². The average Bonchev–Trinajstić information content (AvgIpc) is 2.39. The van der Waals surface area contributed by atoms with Crippen LogP contribution in [0.4, 0.5) is 0 Å². The van der Waals surface area contributed by atoms with Crippen LogP contribution in [0.5, 0.6) is 0 Å². The maximum absolute atomic E-state index is 11.7. The van der Waals surface area contributed by atoms with Crippen molar-refractivity contribution in [2.75, 3.05) is 0 Å². The van der Waals surface area contributed by atoms with E-state index in [0.717, 1.165) is 29.7 Å². The quantitative estimate of drug-likeness (QED) is 0.813. The second-order valence-electron chi connectivity index (χ2n) is 4.33. The number of nitroso groups, excluding NO2 is 1. The van der Waals surface area contributed by atoms with Crippen LogP contribution in [0.1, 0.15) is 42.2 Å². The van der Waals surface area contributed by atoms with Gasteiger partial charge >= 0.3 is 5.97 Å². The maximum Gasteiger partial charge on any atom is 0.356 e. The summed E-state index contributed by atoms with van der Waals surface area (Å²) in [7, 11) is 0. The number of aromatic carboxylic acids is 1. The number of aromatic nitrogens is 2. The summed E-state index contributed by atoms with van der Waals surface area (Å²) in [6.07, 6.45) is 2.99. The van der Waals surface area contributed by atoms with Gasteiger partial charge in [0.05, 0.1) is 6.04 Å². The van der Waals surface area contributed by atoms with E-state index in [9.17, 15) is 14.5 Å². The summed E-state index contributed by atoms with van der Waals surface area (Å²) in [5.41, 5.74) is -0.606. The van der Waals surface area contributed by atoms with Gasteiger partial charge in [0.25, 0.3) is 5.56 Å². The second kappa shape index (κ2) is 5.07. The van der Waals surface area contributed by atoms with Crippen LogP contribution in [-0.2, 0) is 0 Å². The highest BCUT2D eigenvalue weighted by Crippen LogP contribution is 2.29. The van der Waals surface area contributed by atoms with E-state index in [-0.39, 0.29) is 5.69 Å². The summed E-state index contributed by atoms with van der Waals surface area (Å²) in [4.78, 5) is 33.3. The SMILES string of the molecule is O=NC1CCCCC1n1nc(C(=O)O)ccc1=O. The number of nitrogens with zero attached hydrogens (tertiary/aromatic N) is 3. The Morgan fingerprint density at radius 2 is 2.11 bits per heavy atom. The van der Waals surface area contributed by atoms with E-state index in [1.54, 1.807) is 0 Å². The summed E-state index contributed by atoms with van der Waals surface area (Å²) in [5, 5.41) is 15.7. The van der Waals surface area contributed by atoms with Gasteiger partial charge in [-0.1, -0.05) is 18.0 Å². The first kappa shape index (κ1) is 12.4. The van der Waals surface area contributed by atoms with Crippen LogP contribution in [0.25, 0.3) is 0 Å². The van der Waals surface area contributed by atoms with Crippen molar-refractivity contribution in [3.8, 4) is 0 Å². The van der Waals surface area contributed by atoms with E-state index in [2.05, 4.69) is 10.3 Å². The lowest BCUT2D eigenvalue weighted by Gasteiger charge is -2.26. The molecule has 1 aliphatic rings. The summed E-state index contributed by atoms with van der Waals surface area (Å²) in [6, 6.07) is 1.39. The first-order chi connectivity index (χ1) is 8.63. The molecule has 0 aromatic carbocycles. The fourth-order valence-corrected chi connectivity index (χ4v) is 2.28. The number of carboxylic acids is 1. The highest BCUT2D eigenvalue weighted by Gasteiger charge is 2.29. The van der Waals surface area contributed by atoms with Crippen molar-refractivity contribution in [3.05, 3.63) is 33.1 Å². The highest BCUT2D eigenvalue weighted by atomic mass is 16.4. The third kappa shape index (κ3) is 2.29. The van der Waals surface area contributed by atoms with E-state index in [1.807, 2.05) is 0 Å². The molecule has 0 bridgehead atoms. The molecular formula is C11H13N3O4. The summed E-state index contributed by atoms with van der Waals surface area (Å²) in [5.74, 6) is -1.20. The fraction of sp³-hybridized carbons (Fsp3) is 0.545.